The van der Waals surface area contributed by atoms with Gasteiger partial charge in [0.25, 0.3) is 0 Å². The highest BCUT2D eigenvalue weighted by Gasteiger charge is 2.09. The van der Waals surface area contributed by atoms with E-state index in [1.807, 2.05) is 24.5 Å². The minimum atomic E-state index is -0.0916. The molecule has 0 saturated heterocycles. The molecule has 1 aromatic carbocycles. The molecular formula is C13H15ClN4OS. The summed E-state index contributed by atoms with van der Waals surface area (Å²) < 4.78 is 1.89. The van der Waals surface area contributed by atoms with E-state index >= 15 is 0 Å². The standard InChI is InChI=1S/C13H15ClN4OS/c1-3-18-8-15-17-13(18)20-7-12(19)16-11-6-10(14)5-4-9(11)2/h4-6,8H,3,7H2,1-2H3,(H,16,19). The maximum atomic E-state index is 11.9. The Morgan fingerprint density at radius 2 is 2.30 bits per heavy atom. The summed E-state index contributed by atoms with van der Waals surface area (Å²) in [5.41, 5.74) is 1.71. The van der Waals surface area contributed by atoms with E-state index in [9.17, 15) is 4.79 Å². The predicted molar refractivity (Wildman–Crippen MR) is 81.2 cm³/mol. The summed E-state index contributed by atoms with van der Waals surface area (Å²) in [5.74, 6) is 0.191. The lowest BCUT2D eigenvalue weighted by atomic mass is 10.2. The third-order valence-corrected chi connectivity index (χ3v) is 3.94. The number of amides is 1. The van der Waals surface area contributed by atoms with Gasteiger partial charge in [0.2, 0.25) is 5.91 Å². The molecule has 0 aliphatic carbocycles. The van der Waals surface area contributed by atoms with Crippen LogP contribution < -0.4 is 5.32 Å². The lowest BCUT2D eigenvalue weighted by molar-refractivity contribution is -0.113. The van der Waals surface area contributed by atoms with E-state index in [1.165, 1.54) is 11.8 Å². The molecule has 1 N–H and O–H groups in total. The van der Waals surface area contributed by atoms with Crippen LogP contribution in [-0.2, 0) is 11.3 Å². The Morgan fingerprint density at radius 3 is 3.05 bits per heavy atom. The molecule has 2 aromatic rings. The van der Waals surface area contributed by atoms with Crippen molar-refractivity contribution >= 4 is 35.0 Å². The van der Waals surface area contributed by atoms with E-state index in [0.29, 0.717) is 5.02 Å². The highest BCUT2D eigenvalue weighted by molar-refractivity contribution is 7.99. The molecule has 0 radical (unpaired) electrons. The number of rotatable bonds is 5. The molecule has 0 spiro atoms. The van der Waals surface area contributed by atoms with Gasteiger partial charge in [0.1, 0.15) is 6.33 Å². The first-order valence-electron chi connectivity index (χ1n) is 6.16. The predicted octanol–water partition coefficient (Wildman–Crippen LogP) is 2.99. The van der Waals surface area contributed by atoms with E-state index in [4.69, 9.17) is 11.6 Å². The second-order valence-corrected chi connectivity index (χ2v) is 5.57. The summed E-state index contributed by atoms with van der Waals surface area (Å²) in [6.45, 7) is 4.71. The molecule has 0 aliphatic heterocycles. The number of carbonyl (C=O) groups excluding carboxylic acids is 1. The Balaban J connectivity index is 1.94. The lowest BCUT2D eigenvalue weighted by Crippen LogP contribution is -2.15. The number of aromatic nitrogens is 3. The number of benzene rings is 1. The molecule has 0 saturated carbocycles. The number of anilines is 1. The number of aryl methyl sites for hydroxylation is 2. The van der Waals surface area contributed by atoms with Gasteiger partial charge in [-0.15, -0.1) is 10.2 Å². The molecule has 1 aromatic heterocycles. The summed E-state index contributed by atoms with van der Waals surface area (Å²) in [5, 5.41) is 12.0. The van der Waals surface area contributed by atoms with Gasteiger partial charge in [-0.3, -0.25) is 4.79 Å². The van der Waals surface area contributed by atoms with Crippen LogP contribution in [0.1, 0.15) is 12.5 Å². The molecule has 106 valence electrons. The van der Waals surface area contributed by atoms with Crippen molar-refractivity contribution in [3.05, 3.63) is 35.1 Å². The molecule has 0 atom stereocenters. The SMILES string of the molecule is CCn1cnnc1SCC(=O)Nc1cc(Cl)ccc1C. The fourth-order valence-corrected chi connectivity index (χ4v) is 2.57. The Kier molecular flexibility index (Phi) is 5.03. The van der Waals surface area contributed by atoms with Gasteiger partial charge < -0.3 is 9.88 Å². The summed E-state index contributed by atoms with van der Waals surface area (Å²) in [6.07, 6.45) is 1.65. The smallest absolute Gasteiger partial charge is 0.234 e. The van der Waals surface area contributed by atoms with Crippen LogP contribution in [-0.4, -0.2) is 26.4 Å². The van der Waals surface area contributed by atoms with Crippen LogP contribution in [0.5, 0.6) is 0 Å². The zero-order valence-corrected chi connectivity index (χ0v) is 12.8. The minimum absolute atomic E-state index is 0.0916. The molecular weight excluding hydrogens is 296 g/mol. The molecule has 20 heavy (non-hydrogen) atoms. The second-order valence-electron chi connectivity index (χ2n) is 4.20. The summed E-state index contributed by atoms with van der Waals surface area (Å²) in [7, 11) is 0. The zero-order chi connectivity index (χ0) is 14.5. The number of hydrogen-bond donors (Lipinski definition) is 1. The first-order valence-corrected chi connectivity index (χ1v) is 7.53. The van der Waals surface area contributed by atoms with Crippen LogP contribution in [0.3, 0.4) is 0 Å². The summed E-state index contributed by atoms with van der Waals surface area (Å²) >= 11 is 7.28. The van der Waals surface area contributed by atoms with E-state index in [2.05, 4.69) is 15.5 Å². The van der Waals surface area contributed by atoms with Crippen molar-refractivity contribution in [3.8, 4) is 0 Å². The van der Waals surface area contributed by atoms with Gasteiger partial charge in [0.05, 0.1) is 5.75 Å². The topological polar surface area (TPSA) is 59.8 Å². The molecule has 1 heterocycles. The van der Waals surface area contributed by atoms with Crippen LogP contribution in [0.25, 0.3) is 0 Å². The van der Waals surface area contributed by atoms with E-state index in [1.54, 1.807) is 18.5 Å². The third kappa shape index (κ3) is 3.74. The number of nitrogens with zero attached hydrogens (tertiary/aromatic N) is 3. The number of hydrogen-bond acceptors (Lipinski definition) is 4. The van der Waals surface area contributed by atoms with Crippen molar-refractivity contribution in [1.29, 1.82) is 0 Å². The van der Waals surface area contributed by atoms with Gasteiger partial charge in [-0.05, 0) is 31.5 Å². The van der Waals surface area contributed by atoms with Gasteiger partial charge >= 0.3 is 0 Å². The Labute approximate surface area is 126 Å². The van der Waals surface area contributed by atoms with E-state index < -0.39 is 0 Å². The monoisotopic (exact) mass is 310 g/mol. The Morgan fingerprint density at radius 1 is 1.50 bits per heavy atom. The first kappa shape index (κ1) is 14.9. The average molecular weight is 311 g/mol. The van der Waals surface area contributed by atoms with Crippen LogP contribution >= 0.6 is 23.4 Å². The van der Waals surface area contributed by atoms with Gasteiger partial charge in [0, 0.05) is 17.3 Å². The van der Waals surface area contributed by atoms with Gasteiger partial charge in [-0.25, -0.2) is 0 Å². The number of thioether (sulfide) groups is 1. The number of halogens is 1. The quantitative estimate of drug-likeness (QED) is 0.863. The van der Waals surface area contributed by atoms with Crippen LogP contribution in [0.4, 0.5) is 5.69 Å². The fraction of sp³-hybridized carbons (Fsp3) is 0.308. The van der Waals surface area contributed by atoms with Gasteiger partial charge in [-0.2, -0.15) is 0 Å². The minimum Gasteiger partial charge on any atom is -0.325 e. The van der Waals surface area contributed by atoms with Crippen LogP contribution in [0.2, 0.25) is 5.02 Å². The molecule has 0 aliphatic rings. The van der Waals surface area contributed by atoms with Crippen molar-refractivity contribution in [1.82, 2.24) is 14.8 Å². The summed E-state index contributed by atoms with van der Waals surface area (Å²) in [4.78, 5) is 11.9. The van der Waals surface area contributed by atoms with Crippen molar-refractivity contribution in [2.45, 2.75) is 25.5 Å². The van der Waals surface area contributed by atoms with Crippen molar-refractivity contribution < 1.29 is 4.79 Å². The Bertz CT molecular complexity index is 614. The number of carbonyl (C=O) groups is 1. The maximum absolute atomic E-state index is 11.9. The van der Waals surface area contributed by atoms with Crippen molar-refractivity contribution in [3.63, 3.8) is 0 Å². The van der Waals surface area contributed by atoms with Gasteiger partial charge in [0.15, 0.2) is 5.16 Å². The van der Waals surface area contributed by atoms with Crippen molar-refractivity contribution in [2.75, 3.05) is 11.1 Å². The van der Waals surface area contributed by atoms with Crippen LogP contribution in [0, 0.1) is 6.92 Å². The fourth-order valence-electron chi connectivity index (χ4n) is 1.62. The average Bonchev–Trinajstić information content (AvgIpc) is 2.88. The first-order chi connectivity index (χ1) is 9.60. The third-order valence-electron chi connectivity index (χ3n) is 2.73. The number of nitrogens with one attached hydrogen (secondary N) is 1. The molecule has 1 amide bonds. The van der Waals surface area contributed by atoms with E-state index in [0.717, 1.165) is 23.0 Å². The van der Waals surface area contributed by atoms with E-state index in [-0.39, 0.29) is 11.7 Å². The normalized spacial score (nSPS) is 10.6. The van der Waals surface area contributed by atoms with Crippen molar-refractivity contribution in [2.24, 2.45) is 0 Å². The highest BCUT2D eigenvalue weighted by Crippen LogP contribution is 2.21. The highest BCUT2D eigenvalue weighted by atomic mass is 35.5. The molecule has 0 unspecified atom stereocenters. The zero-order valence-electron chi connectivity index (χ0n) is 11.3. The molecule has 0 bridgehead atoms. The second kappa shape index (κ2) is 6.76. The molecule has 2 rings (SSSR count). The van der Waals surface area contributed by atoms with Crippen LogP contribution in [0.15, 0.2) is 29.7 Å². The van der Waals surface area contributed by atoms with Gasteiger partial charge in [-0.1, -0.05) is 29.4 Å². The molecule has 7 heteroatoms. The Hall–Kier alpha value is -1.53. The lowest BCUT2D eigenvalue weighted by Gasteiger charge is -2.08. The largest absolute Gasteiger partial charge is 0.325 e. The molecule has 5 nitrogen and oxygen atoms in total. The maximum Gasteiger partial charge on any atom is 0.234 e. The summed E-state index contributed by atoms with van der Waals surface area (Å²) in [6, 6.07) is 5.41. The molecule has 0 fully saturated rings.